The summed E-state index contributed by atoms with van der Waals surface area (Å²) < 4.78 is 6.17. The molecule has 1 aliphatic rings. The number of carbonyl (C=O) groups is 3. The van der Waals surface area contributed by atoms with E-state index in [2.05, 4.69) is 27.9 Å². The van der Waals surface area contributed by atoms with Crippen LogP contribution in [0, 0.1) is 10.5 Å². The Bertz CT molecular complexity index is 1050. The highest BCUT2D eigenvalue weighted by Crippen LogP contribution is 2.32. The second-order valence-electron chi connectivity index (χ2n) is 6.73. The molecule has 1 N–H and O–H groups in total. The van der Waals surface area contributed by atoms with E-state index in [0.29, 0.717) is 16.9 Å². The molecule has 0 radical (unpaired) electrons. The molecule has 1 heterocycles. The van der Waals surface area contributed by atoms with Gasteiger partial charge in [0.2, 0.25) is 0 Å². The first-order valence-corrected chi connectivity index (χ1v) is 10.3. The minimum absolute atomic E-state index is 0.0380. The van der Waals surface area contributed by atoms with Gasteiger partial charge in [0.15, 0.2) is 0 Å². The van der Waals surface area contributed by atoms with E-state index in [0.717, 1.165) is 14.0 Å². The van der Waals surface area contributed by atoms with Crippen molar-refractivity contribution in [2.24, 2.45) is 0 Å². The molecule has 6 nitrogen and oxygen atoms in total. The molecule has 2 aromatic carbocycles. The Kier molecular flexibility index (Phi) is 6.28. The number of carbonyl (C=O) groups excluding carboxylic acids is 3. The van der Waals surface area contributed by atoms with Crippen LogP contribution in [0.2, 0.25) is 0 Å². The van der Waals surface area contributed by atoms with Crippen LogP contribution in [0.1, 0.15) is 29.8 Å². The highest BCUT2D eigenvalue weighted by atomic mass is 127. The van der Waals surface area contributed by atoms with Crippen molar-refractivity contribution in [2.45, 2.75) is 26.9 Å². The van der Waals surface area contributed by atoms with Crippen LogP contribution in [0.5, 0.6) is 0 Å². The summed E-state index contributed by atoms with van der Waals surface area (Å²) in [4.78, 5) is 38.7. The monoisotopic (exact) mass is 524 g/mol. The highest BCUT2D eigenvalue weighted by molar-refractivity contribution is 14.1. The summed E-state index contributed by atoms with van der Waals surface area (Å²) in [5.74, 6) is -1.63. The second kappa shape index (κ2) is 8.54. The number of hydrogen-bond donors (Lipinski definition) is 1. The van der Waals surface area contributed by atoms with Gasteiger partial charge < -0.3 is 10.1 Å². The summed E-state index contributed by atoms with van der Waals surface area (Å²) in [6.45, 7) is 5.34. The zero-order valence-corrected chi connectivity index (χ0v) is 18.9. The van der Waals surface area contributed by atoms with Gasteiger partial charge in [-0.3, -0.25) is 9.59 Å². The Morgan fingerprint density at radius 3 is 2.52 bits per heavy atom. The van der Waals surface area contributed by atoms with Gasteiger partial charge in [-0.15, -0.1) is 0 Å². The van der Waals surface area contributed by atoms with E-state index >= 15 is 0 Å². The van der Waals surface area contributed by atoms with E-state index in [1.807, 2.05) is 19.1 Å². The molecule has 2 aromatic rings. The maximum absolute atomic E-state index is 12.9. The number of amides is 2. The maximum Gasteiger partial charge on any atom is 0.338 e. The third-order valence-corrected chi connectivity index (χ3v) is 5.16. The molecule has 0 spiro atoms. The molecule has 8 heteroatoms. The van der Waals surface area contributed by atoms with Gasteiger partial charge in [-0.25, -0.2) is 9.69 Å². The Morgan fingerprint density at radius 1 is 1.14 bits per heavy atom. The Morgan fingerprint density at radius 2 is 1.86 bits per heavy atom. The molecule has 0 saturated carbocycles. The number of benzene rings is 2. The molecule has 150 valence electrons. The summed E-state index contributed by atoms with van der Waals surface area (Å²) >= 11 is 8.34. The third kappa shape index (κ3) is 4.45. The molecule has 0 unspecified atom stereocenters. The lowest BCUT2D eigenvalue weighted by atomic mass is 10.2. The maximum atomic E-state index is 12.9. The number of hydrogen-bond acceptors (Lipinski definition) is 5. The van der Waals surface area contributed by atoms with Crippen LogP contribution in [0.15, 0.2) is 53.2 Å². The molecule has 2 amide bonds. The lowest BCUT2D eigenvalue weighted by Gasteiger charge is -2.17. The summed E-state index contributed by atoms with van der Waals surface area (Å²) in [5.41, 5.74) is 1.98. The number of nitrogens with zero attached hydrogens (tertiary/aromatic N) is 1. The number of esters is 1. The lowest BCUT2D eigenvalue weighted by Crippen LogP contribution is -2.32. The first-order valence-electron chi connectivity index (χ1n) is 8.82. The van der Waals surface area contributed by atoms with E-state index in [-0.39, 0.29) is 16.8 Å². The summed E-state index contributed by atoms with van der Waals surface area (Å²) in [7, 11) is 0. The van der Waals surface area contributed by atoms with Gasteiger partial charge in [-0.2, -0.15) is 0 Å². The van der Waals surface area contributed by atoms with Crippen molar-refractivity contribution in [1.82, 2.24) is 0 Å². The summed E-state index contributed by atoms with van der Waals surface area (Å²) in [6.07, 6.45) is -0.254. The second-order valence-corrected chi connectivity index (χ2v) is 8.35. The first kappa shape index (κ1) is 21.3. The van der Waals surface area contributed by atoms with Gasteiger partial charge in [0.25, 0.3) is 11.8 Å². The Labute approximate surface area is 187 Å². The van der Waals surface area contributed by atoms with Gasteiger partial charge >= 0.3 is 5.97 Å². The van der Waals surface area contributed by atoms with Crippen molar-refractivity contribution in [3.05, 3.63) is 67.9 Å². The van der Waals surface area contributed by atoms with Crippen molar-refractivity contribution in [3.63, 3.8) is 0 Å². The van der Waals surface area contributed by atoms with E-state index in [1.54, 1.807) is 44.2 Å². The predicted octanol–water partition coefficient (Wildman–Crippen LogP) is 4.60. The molecule has 1 aliphatic heterocycles. The minimum atomic E-state index is -0.598. The van der Waals surface area contributed by atoms with Crippen molar-refractivity contribution >= 4 is 63.4 Å². The fraction of sp³-hybridized carbons (Fsp3) is 0.190. The fourth-order valence-corrected chi connectivity index (χ4v) is 3.71. The van der Waals surface area contributed by atoms with Crippen LogP contribution in [0.4, 0.5) is 11.4 Å². The Hall–Kier alpha value is -2.39. The van der Waals surface area contributed by atoms with Crippen molar-refractivity contribution in [2.75, 3.05) is 10.2 Å². The van der Waals surface area contributed by atoms with Crippen molar-refractivity contribution in [3.8, 4) is 0 Å². The van der Waals surface area contributed by atoms with Crippen LogP contribution < -0.4 is 10.2 Å². The van der Waals surface area contributed by atoms with Gasteiger partial charge in [0.1, 0.15) is 10.7 Å². The third-order valence-electron chi connectivity index (χ3n) is 4.14. The average Bonchev–Trinajstić information content (AvgIpc) is 2.85. The van der Waals surface area contributed by atoms with Gasteiger partial charge in [0.05, 0.1) is 17.4 Å². The van der Waals surface area contributed by atoms with E-state index in [9.17, 15) is 14.4 Å². The van der Waals surface area contributed by atoms with Crippen LogP contribution in [-0.2, 0) is 14.3 Å². The number of anilines is 2. The average molecular weight is 525 g/mol. The number of aryl methyl sites for hydroxylation is 1. The largest absolute Gasteiger partial charge is 0.459 e. The summed E-state index contributed by atoms with van der Waals surface area (Å²) in [5, 5.41) is 2.67. The normalized spacial score (nSPS) is 14.1. The topological polar surface area (TPSA) is 75.7 Å². The van der Waals surface area contributed by atoms with E-state index < -0.39 is 17.8 Å². The number of rotatable bonds is 5. The van der Waals surface area contributed by atoms with E-state index in [1.165, 1.54) is 0 Å². The molecule has 0 fully saturated rings. The van der Waals surface area contributed by atoms with Gasteiger partial charge in [-0.1, -0.05) is 17.7 Å². The number of imide groups is 1. The molecule has 0 aliphatic carbocycles. The van der Waals surface area contributed by atoms with E-state index in [4.69, 9.17) is 16.3 Å². The lowest BCUT2D eigenvalue weighted by molar-refractivity contribution is -0.120. The quantitative estimate of drug-likeness (QED) is 0.352. The molecule has 0 atom stereocenters. The molecule has 3 rings (SSSR count). The number of ether oxygens (including phenoxy) is 1. The van der Waals surface area contributed by atoms with Gasteiger partial charge in [-0.05, 0) is 85.3 Å². The minimum Gasteiger partial charge on any atom is -0.459 e. The molecule has 0 saturated heterocycles. The number of nitrogens with one attached hydrogen (secondary N) is 1. The van der Waals surface area contributed by atoms with Crippen molar-refractivity contribution in [1.29, 1.82) is 0 Å². The van der Waals surface area contributed by atoms with Crippen LogP contribution >= 0.6 is 34.2 Å². The predicted molar refractivity (Wildman–Crippen MR) is 120 cm³/mol. The van der Waals surface area contributed by atoms with Crippen LogP contribution in [0.3, 0.4) is 0 Å². The van der Waals surface area contributed by atoms with Crippen molar-refractivity contribution < 1.29 is 19.1 Å². The standard InChI is InChI=1S/C21H18ClIN2O4/c1-11(2)29-21(28)13-5-4-6-15(10-13)24-18-17(22)19(26)25(20(18)27)16-8-7-14(23)9-12(16)3/h4-11,24H,1-3H3. The molecular weight excluding hydrogens is 507 g/mol. The Balaban J connectivity index is 1.87. The molecular formula is C21H18ClIN2O4. The van der Waals surface area contributed by atoms with Crippen LogP contribution in [0.25, 0.3) is 0 Å². The fourth-order valence-electron chi connectivity index (χ4n) is 2.85. The SMILES string of the molecule is Cc1cc(I)ccc1N1C(=O)C(Cl)=C(Nc2cccc(C(=O)OC(C)C)c2)C1=O. The number of halogens is 2. The molecule has 0 bridgehead atoms. The molecule has 0 aromatic heterocycles. The smallest absolute Gasteiger partial charge is 0.338 e. The highest BCUT2D eigenvalue weighted by Gasteiger charge is 2.39. The first-order chi connectivity index (χ1) is 13.7. The van der Waals surface area contributed by atoms with Gasteiger partial charge in [0, 0.05) is 9.26 Å². The zero-order chi connectivity index (χ0) is 21.3. The summed E-state index contributed by atoms with van der Waals surface area (Å²) in [6, 6.07) is 11.9. The molecule has 29 heavy (non-hydrogen) atoms. The zero-order valence-electron chi connectivity index (χ0n) is 16.0. The van der Waals surface area contributed by atoms with Crippen LogP contribution in [-0.4, -0.2) is 23.9 Å².